The van der Waals surface area contributed by atoms with E-state index in [1.54, 1.807) is 7.11 Å². The van der Waals surface area contributed by atoms with Crippen LogP contribution in [0.1, 0.15) is 38.8 Å². The molecular formula is C14H21F2NO. The first-order valence-corrected chi connectivity index (χ1v) is 6.13. The summed E-state index contributed by atoms with van der Waals surface area (Å²) in [5.74, 6) is -1.04. The van der Waals surface area contributed by atoms with Gasteiger partial charge in [-0.05, 0) is 38.9 Å². The maximum absolute atomic E-state index is 13.8. The molecule has 1 atom stereocenters. The fourth-order valence-corrected chi connectivity index (χ4v) is 1.94. The molecule has 0 aromatic heterocycles. The molecule has 102 valence electrons. The van der Waals surface area contributed by atoms with Crippen LogP contribution in [0.4, 0.5) is 8.78 Å². The number of ether oxygens (including phenoxy) is 1. The van der Waals surface area contributed by atoms with Crippen molar-refractivity contribution in [3.8, 4) is 0 Å². The Kier molecular flexibility index (Phi) is 5.23. The summed E-state index contributed by atoms with van der Waals surface area (Å²) in [6.07, 6.45) is 0.495. The fraction of sp³-hybridized carbons (Fsp3) is 0.571. The van der Waals surface area contributed by atoms with Gasteiger partial charge in [0.05, 0.1) is 5.60 Å². The van der Waals surface area contributed by atoms with Crippen LogP contribution in [0.2, 0.25) is 0 Å². The van der Waals surface area contributed by atoms with Gasteiger partial charge in [0.2, 0.25) is 0 Å². The van der Waals surface area contributed by atoms with Crippen LogP contribution < -0.4 is 5.32 Å². The van der Waals surface area contributed by atoms with Crippen molar-refractivity contribution in [1.82, 2.24) is 5.32 Å². The summed E-state index contributed by atoms with van der Waals surface area (Å²) in [7, 11) is 1.60. The molecule has 2 nitrogen and oxygen atoms in total. The van der Waals surface area contributed by atoms with Crippen molar-refractivity contribution in [2.75, 3.05) is 13.7 Å². The normalized spacial score (nSPS) is 13.7. The van der Waals surface area contributed by atoms with E-state index in [2.05, 4.69) is 5.32 Å². The molecule has 0 saturated heterocycles. The van der Waals surface area contributed by atoms with E-state index in [-0.39, 0.29) is 5.56 Å². The van der Waals surface area contributed by atoms with Crippen LogP contribution in [0, 0.1) is 11.6 Å². The highest BCUT2D eigenvalue weighted by molar-refractivity contribution is 5.23. The van der Waals surface area contributed by atoms with Gasteiger partial charge >= 0.3 is 0 Å². The average molecular weight is 257 g/mol. The third kappa shape index (κ3) is 3.75. The molecule has 0 spiro atoms. The molecule has 0 aliphatic carbocycles. The van der Waals surface area contributed by atoms with Crippen molar-refractivity contribution in [2.45, 2.75) is 38.8 Å². The SMILES string of the molecule is CCNC(CC(C)(C)OC)c1c(F)cccc1F. The Balaban J connectivity index is 3.04. The van der Waals surface area contributed by atoms with Crippen LogP contribution in [0.15, 0.2) is 18.2 Å². The van der Waals surface area contributed by atoms with Gasteiger partial charge in [0.25, 0.3) is 0 Å². The first-order valence-electron chi connectivity index (χ1n) is 6.13. The van der Waals surface area contributed by atoms with Crippen LogP contribution in [0.3, 0.4) is 0 Å². The monoisotopic (exact) mass is 257 g/mol. The lowest BCUT2D eigenvalue weighted by molar-refractivity contribution is 0.00643. The van der Waals surface area contributed by atoms with E-state index in [0.29, 0.717) is 13.0 Å². The molecule has 1 rings (SSSR count). The predicted molar refractivity (Wildman–Crippen MR) is 68.5 cm³/mol. The fourth-order valence-electron chi connectivity index (χ4n) is 1.94. The summed E-state index contributed by atoms with van der Waals surface area (Å²) in [4.78, 5) is 0. The summed E-state index contributed by atoms with van der Waals surface area (Å²) in [5, 5.41) is 3.11. The van der Waals surface area contributed by atoms with Crippen LogP contribution in [0.25, 0.3) is 0 Å². The first-order chi connectivity index (χ1) is 8.41. The lowest BCUT2D eigenvalue weighted by atomic mass is 9.93. The zero-order valence-corrected chi connectivity index (χ0v) is 11.4. The summed E-state index contributed by atoms with van der Waals surface area (Å²) in [6, 6.07) is 3.54. The molecule has 0 aliphatic heterocycles. The number of rotatable bonds is 6. The number of halogens is 2. The smallest absolute Gasteiger partial charge is 0.130 e. The highest BCUT2D eigenvalue weighted by Crippen LogP contribution is 2.29. The number of hydrogen-bond donors (Lipinski definition) is 1. The Morgan fingerprint density at radius 1 is 1.28 bits per heavy atom. The molecule has 4 heteroatoms. The van der Waals surface area contributed by atoms with Crippen molar-refractivity contribution in [3.63, 3.8) is 0 Å². The van der Waals surface area contributed by atoms with Crippen molar-refractivity contribution in [1.29, 1.82) is 0 Å². The van der Waals surface area contributed by atoms with Gasteiger partial charge < -0.3 is 10.1 Å². The van der Waals surface area contributed by atoms with Crippen molar-refractivity contribution in [2.24, 2.45) is 0 Å². The minimum atomic E-state index is -0.521. The maximum atomic E-state index is 13.8. The Morgan fingerprint density at radius 3 is 2.28 bits per heavy atom. The van der Waals surface area contributed by atoms with E-state index < -0.39 is 23.3 Å². The molecule has 1 aromatic carbocycles. The minimum absolute atomic E-state index is 0.0875. The number of benzene rings is 1. The standard InChI is InChI=1S/C14H21F2NO/c1-5-17-12(9-14(2,3)18-4)13-10(15)7-6-8-11(13)16/h6-8,12,17H,5,9H2,1-4H3. The van der Waals surface area contributed by atoms with Gasteiger partial charge in [0.15, 0.2) is 0 Å². The molecule has 0 bridgehead atoms. The van der Waals surface area contributed by atoms with Crippen molar-refractivity contribution < 1.29 is 13.5 Å². The zero-order valence-electron chi connectivity index (χ0n) is 11.4. The number of hydrogen-bond acceptors (Lipinski definition) is 2. The zero-order chi connectivity index (χ0) is 13.8. The largest absolute Gasteiger partial charge is 0.379 e. The molecule has 1 N–H and O–H groups in total. The van der Waals surface area contributed by atoms with Crippen molar-refractivity contribution >= 4 is 0 Å². The third-order valence-corrected chi connectivity index (χ3v) is 3.05. The van der Waals surface area contributed by atoms with E-state index in [0.717, 1.165) is 0 Å². The second-order valence-electron chi connectivity index (χ2n) is 4.91. The van der Waals surface area contributed by atoms with E-state index in [4.69, 9.17) is 4.74 Å². The van der Waals surface area contributed by atoms with Gasteiger partial charge in [-0.25, -0.2) is 8.78 Å². The predicted octanol–water partition coefficient (Wildman–Crippen LogP) is 3.43. The van der Waals surface area contributed by atoms with E-state index in [1.807, 2.05) is 20.8 Å². The molecule has 0 fully saturated rings. The molecule has 0 aliphatic rings. The average Bonchev–Trinajstić information content (AvgIpc) is 2.28. The highest BCUT2D eigenvalue weighted by Gasteiger charge is 2.27. The van der Waals surface area contributed by atoms with Crippen LogP contribution in [-0.2, 0) is 4.74 Å². The minimum Gasteiger partial charge on any atom is -0.379 e. The molecule has 1 aromatic rings. The Bertz CT molecular complexity index is 373. The van der Waals surface area contributed by atoms with Crippen LogP contribution in [0.5, 0.6) is 0 Å². The maximum Gasteiger partial charge on any atom is 0.130 e. The van der Waals surface area contributed by atoms with Crippen LogP contribution >= 0.6 is 0 Å². The van der Waals surface area contributed by atoms with Crippen molar-refractivity contribution in [3.05, 3.63) is 35.4 Å². The van der Waals surface area contributed by atoms with Gasteiger partial charge in [-0.1, -0.05) is 13.0 Å². The van der Waals surface area contributed by atoms with Gasteiger partial charge in [0.1, 0.15) is 11.6 Å². The van der Waals surface area contributed by atoms with E-state index in [1.165, 1.54) is 18.2 Å². The Morgan fingerprint density at radius 2 is 1.83 bits per heavy atom. The van der Waals surface area contributed by atoms with Gasteiger partial charge in [-0.2, -0.15) is 0 Å². The molecule has 0 heterocycles. The van der Waals surface area contributed by atoms with Crippen LogP contribution in [-0.4, -0.2) is 19.3 Å². The van der Waals surface area contributed by atoms with Gasteiger partial charge in [-0.15, -0.1) is 0 Å². The molecule has 18 heavy (non-hydrogen) atoms. The summed E-state index contributed by atoms with van der Waals surface area (Å²) < 4.78 is 32.9. The van der Waals surface area contributed by atoms with E-state index >= 15 is 0 Å². The second-order valence-corrected chi connectivity index (χ2v) is 4.91. The quantitative estimate of drug-likeness (QED) is 0.843. The summed E-state index contributed by atoms with van der Waals surface area (Å²) in [6.45, 7) is 6.34. The molecule has 0 amide bonds. The Hall–Kier alpha value is -1.00. The lowest BCUT2D eigenvalue weighted by Gasteiger charge is -2.29. The van der Waals surface area contributed by atoms with Gasteiger partial charge in [-0.3, -0.25) is 0 Å². The lowest BCUT2D eigenvalue weighted by Crippen LogP contribution is -2.33. The molecular weight excluding hydrogens is 236 g/mol. The highest BCUT2D eigenvalue weighted by atomic mass is 19.1. The molecule has 0 saturated carbocycles. The topological polar surface area (TPSA) is 21.3 Å². The summed E-state index contributed by atoms with van der Waals surface area (Å²) in [5.41, 5.74) is -0.355. The third-order valence-electron chi connectivity index (χ3n) is 3.05. The van der Waals surface area contributed by atoms with E-state index in [9.17, 15) is 8.78 Å². The first kappa shape index (κ1) is 15.1. The van der Waals surface area contributed by atoms with Gasteiger partial charge in [0, 0.05) is 18.7 Å². The number of methoxy groups -OCH3 is 1. The molecule has 1 unspecified atom stereocenters. The molecule has 0 radical (unpaired) electrons. The Labute approximate surface area is 107 Å². The second kappa shape index (κ2) is 6.25. The summed E-state index contributed by atoms with van der Waals surface area (Å²) >= 11 is 0. The number of nitrogens with one attached hydrogen (secondary N) is 1.